The third-order valence-corrected chi connectivity index (χ3v) is 4.60. The van der Waals surface area contributed by atoms with Gasteiger partial charge >= 0.3 is 0 Å². The number of aliphatic hydroxyl groups is 1. The quantitative estimate of drug-likeness (QED) is 0.166. The first kappa shape index (κ1) is 34.2. The van der Waals surface area contributed by atoms with Crippen molar-refractivity contribution in [2.45, 2.75) is 26.8 Å². The van der Waals surface area contributed by atoms with Gasteiger partial charge in [0.1, 0.15) is 17.3 Å². The molecule has 3 aromatic rings. The van der Waals surface area contributed by atoms with Crippen LogP contribution >= 0.6 is 0 Å². The second-order valence-corrected chi connectivity index (χ2v) is 7.49. The summed E-state index contributed by atoms with van der Waals surface area (Å²) in [7, 11) is 1.41. The van der Waals surface area contributed by atoms with E-state index < -0.39 is 9.85 Å². The fourth-order valence-corrected chi connectivity index (χ4v) is 2.98. The third-order valence-electron chi connectivity index (χ3n) is 4.60. The van der Waals surface area contributed by atoms with Crippen LogP contribution < -0.4 is 5.73 Å². The number of nitrogen functional groups attached to an aromatic ring is 1. The molecule has 208 valence electrons. The maximum absolute atomic E-state index is 10.8. The van der Waals surface area contributed by atoms with Crippen LogP contribution in [-0.4, -0.2) is 38.5 Å². The van der Waals surface area contributed by atoms with Crippen molar-refractivity contribution in [2.75, 3.05) is 19.5 Å². The fraction of sp³-hybridized carbons (Fsp3) is 0.231. The zero-order valence-corrected chi connectivity index (χ0v) is 22.3. The predicted octanol–water partition coefficient (Wildman–Crippen LogP) is 5.77. The number of methoxy groups -OCH3 is 1. The zero-order chi connectivity index (χ0) is 30.8. The topological polar surface area (TPSA) is 192 Å². The van der Waals surface area contributed by atoms with Crippen LogP contribution in [0.5, 0.6) is 0 Å². The summed E-state index contributed by atoms with van der Waals surface area (Å²) in [4.78, 5) is 26.8. The van der Waals surface area contributed by atoms with Crippen molar-refractivity contribution in [1.29, 1.82) is 5.26 Å². The first-order chi connectivity index (χ1) is 19.1. The highest BCUT2D eigenvalue weighted by Gasteiger charge is 2.20. The normalized spacial score (nSPS) is 9.70. The zero-order valence-electron chi connectivity index (χ0n) is 22.3. The monoisotopic (exact) mass is 548 g/mol. The number of aliphatic hydroxyl groups excluding tert-OH is 1. The molecule has 0 fully saturated rings. The molecule has 0 spiro atoms. The van der Waals surface area contributed by atoms with E-state index in [4.69, 9.17) is 34.0 Å². The molecule has 3 rings (SSSR count). The molecule has 0 atom stereocenters. The molecule has 0 bridgehead atoms. The number of nitrogens with zero attached hydrogens (tertiary/aromatic N) is 7. The van der Waals surface area contributed by atoms with Crippen molar-refractivity contribution in [3.8, 4) is 17.8 Å². The minimum absolute atomic E-state index is 0.00273. The highest BCUT2D eigenvalue weighted by molar-refractivity contribution is 5.83. The largest absolute Gasteiger partial charge is 0.508 e. The number of nitriles is 1. The SMILES string of the molecule is C#N.CCO.[C-]#[N+]/C=C(/OC)c1cccc([N+](=O)[O-])c1.[C-]#[N+]c1c(-c2cccc([N+](=O)[O-])c2)nn(C(C)C)c1N. The first-order valence-corrected chi connectivity index (χ1v) is 11.3. The lowest BCUT2D eigenvalue weighted by atomic mass is 10.1. The van der Waals surface area contributed by atoms with Crippen LogP contribution in [0.25, 0.3) is 26.7 Å². The van der Waals surface area contributed by atoms with E-state index in [9.17, 15) is 20.2 Å². The lowest BCUT2D eigenvalue weighted by Crippen LogP contribution is -2.06. The summed E-state index contributed by atoms with van der Waals surface area (Å²) in [6.45, 7) is 23.1. The van der Waals surface area contributed by atoms with Gasteiger partial charge in [0, 0.05) is 49.0 Å². The van der Waals surface area contributed by atoms with Gasteiger partial charge in [0.25, 0.3) is 17.1 Å². The van der Waals surface area contributed by atoms with Crippen molar-refractivity contribution in [3.63, 3.8) is 0 Å². The summed E-state index contributed by atoms with van der Waals surface area (Å²) in [5.41, 5.74) is 7.45. The molecule has 0 saturated heterocycles. The van der Waals surface area contributed by atoms with Gasteiger partial charge in [-0.15, -0.1) is 0 Å². The second kappa shape index (κ2) is 17.6. The van der Waals surface area contributed by atoms with Crippen LogP contribution in [0.1, 0.15) is 32.4 Å². The molecule has 0 aliphatic heterocycles. The minimum Gasteiger partial charge on any atom is -0.508 e. The van der Waals surface area contributed by atoms with E-state index in [1.54, 1.807) is 35.9 Å². The van der Waals surface area contributed by atoms with E-state index in [2.05, 4.69) is 21.4 Å². The summed E-state index contributed by atoms with van der Waals surface area (Å²) in [6.07, 6.45) is 1.18. The maximum atomic E-state index is 10.8. The Hall–Kier alpha value is -5.78. The Bertz CT molecular complexity index is 1430. The van der Waals surface area contributed by atoms with Crippen LogP contribution in [0, 0.1) is 45.2 Å². The van der Waals surface area contributed by atoms with E-state index in [0.717, 1.165) is 0 Å². The van der Waals surface area contributed by atoms with E-state index in [0.29, 0.717) is 22.6 Å². The van der Waals surface area contributed by atoms with Crippen molar-refractivity contribution < 1.29 is 19.7 Å². The summed E-state index contributed by atoms with van der Waals surface area (Å²) < 4.78 is 6.48. The third kappa shape index (κ3) is 9.59. The molecule has 0 unspecified atom stereocenters. The Morgan fingerprint density at radius 2 is 1.70 bits per heavy atom. The van der Waals surface area contributed by atoms with E-state index >= 15 is 0 Å². The Morgan fingerprint density at radius 1 is 1.18 bits per heavy atom. The number of nitro benzene ring substituents is 2. The molecule has 40 heavy (non-hydrogen) atoms. The van der Waals surface area contributed by atoms with Gasteiger partial charge in [0.05, 0.1) is 30.1 Å². The first-order valence-electron chi connectivity index (χ1n) is 11.3. The Morgan fingerprint density at radius 3 is 2.15 bits per heavy atom. The molecule has 1 aromatic heterocycles. The summed E-state index contributed by atoms with van der Waals surface area (Å²) in [5.74, 6) is 0.588. The number of anilines is 1. The molecule has 0 radical (unpaired) electrons. The molecule has 3 N–H and O–H groups in total. The second-order valence-electron chi connectivity index (χ2n) is 7.49. The van der Waals surface area contributed by atoms with Gasteiger partial charge in [-0.3, -0.25) is 24.9 Å². The molecular formula is C26H28N8O6. The van der Waals surface area contributed by atoms with Crippen LogP contribution in [0.4, 0.5) is 22.9 Å². The summed E-state index contributed by atoms with van der Waals surface area (Å²) in [5, 5.41) is 39.7. The van der Waals surface area contributed by atoms with Gasteiger partial charge < -0.3 is 15.6 Å². The number of rotatable bonds is 6. The van der Waals surface area contributed by atoms with Crippen LogP contribution in [0.2, 0.25) is 0 Å². The number of aromatic nitrogens is 2. The predicted molar refractivity (Wildman–Crippen MR) is 149 cm³/mol. The molecule has 2 aromatic carbocycles. The Kier molecular flexibility index (Phi) is 15.1. The summed E-state index contributed by atoms with van der Waals surface area (Å²) in [6, 6.07) is 12.0. The number of benzene rings is 2. The van der Waals surface area contributed by atoms with Crippen molar-refractivity contribution in [2.24, 2.45) is 0 Å². The number of hydrogen-bond donors (Lipinski definition) is 2. The van der Waals surface area contributed by atoms with Gasteiger partial charge in [-0.2, -0.15) is 5.10 Å². The molecule has 14 heteroatoms. The fourth-order valence-electron chi connectivity index (χ4n) is 2.98. The number of ether oxygens (including phenoxy) is 1. The van der Waals surface area contributed by atoms with E-state index in [-0.39, 0.29) is 35.5 Å². The lowest BCUT2D eigenvalue weighted by Gasteiger charge is -2.07. The highest BCUT2D eigenvalue weighted by atomic mass is 16.6. The number of nitro groups is 2. The van der Waals surface area contributed by atoms with Crippen molar-refractivity contribution in [1.82, 2.24) is 9.78 Å². The average molecular weight is 549 g/mol. The summed E-state index contributed by atoms with van der Waals surface area (Å²) >= 11 is 0. The number of nitrogens with two attached hydrogens (primary N) is 1. The van der Waals surface area contributed by atoms with Gasteiger partial charge in [-0.1, -0.05) is 24.3 Å². The smallest absolute Gasteiger partial charge is 0.270 e. The Labute approximate surface area is 231 Å². The molecule has 0 aliphatic carbocycles. The lowest BCUT2D eigenvalue weighted by molar-refractivity contribution is -0.385. The number of hydrogen-bond acceptors (Lipinski definition) is 9. The van der Waals surface area contributed by atoms with Gasteiger partial charge in [0.15, 0.2) is 6.20 Å². The van der Waals surface area contributed by atoms with Gasteiger partial charge in [-0.05, 0) is 26.3 Å². The van der Waals surface area contributed by atoms with Crippen molar-refractivity contribution in [3.05, 3.63) is 103 Å². The standard InChI is InChI=1S/C13H13N5O2.C10H8N2O3.C2H6O.CHN/c1-8(2)17-13(14)12(15-3)11(16-17)9-5-4-6-10(7-9)18(19)20;1-11-7-10(15-2)8-4-3-5-9(6-8)12(13)14;1-2-3;1-2/h4-8H,14H2,1-2H3;3-7H,2H3;3H,2H2,1H3;1H/b;10-7+;;. The average Bonchev–Trinajstić information content (AvgIpc) is 3.30. The maximum Gasteiger partial charge on any atom is 0.270 e. The molecule has 0 saturated carbocycles. The van der Waals surface area contributed by atoms with Crippen LogP contribution in [0.15, 0.2) is 54.7 Å². The van der Waals surface area contributed by atoms with E-state index in [1.807, 2.05) is 13.8 Å². The molecule has 0 aliphatic rings. The minimum atomic E-state index is -0.491. The van der Waals surface area contributed by atoms with Crippen molar-refractivity contribution >= 4 is 28.6 Å². The van der Waals surface area contributed by atoms with Crippen LogP contribution in [0.3, 0.4) is 0 Å². The van der Waals surface area contributed by atoms with E-state index in [1.165, 1.54) is 37.6 Å². The molecular weight excluding hydrogens is 520 g/mol. The van der Waals surface area contributed by atoms with Crippen LogP contribution in [-0.2, 0) is 4.74 Å². The molecule has 0 amide bonds. The molecule has 14 nitrogen and oxygen atoms in total. The Balaban J connectivity index is 0.000000675. The van der Waals surface area contributed by atoms with Gasteiger partial charge in [0.2, 0.25) is 0 Å². The van der Waals surface area contributed by atoms with Gasteiger partial charge in [-0.25, -0.2) is 15.0 Å². The number of non-ortho nitro benzene ring substituents is 2. The molecule has 1 heterocycles. The highest BCUT2D eigenvalue weighted by Crippen LogP contribution is 2.37.